The molecule has 0 saturated carbocycles. The van der Waals surface area contributed by atoms with Crippen LogP contribution >= 0.6 is 11.6 Å². The molecule has 0 aliphatic carbocycles. The molecule has 94 valence electrons. The first-order chi connectivity index (χ1) is 9.31. The molecule has 0 aliphatic rings. The van der Waals surface area contributed by atoms with Gasteiger partial charge in [0.15, 0.2) is 0 Å². The van der Waals surface area contributed by atoms with Gasteiger partial charge in [0.1, 0.15) is 0 Å². The Morgan fingerprint density at radius 2 is 1.68 bits per heavy atom. The van der Waals surface area contributed by atoms with Crippen molar-refractivity contribution in [3.05, 3.63) is 74.7 Å². The van der Waals surface area contributed by atoms with Crippen molar-refractivity contribution in [3.63, 3.8) is 0 Å². The van der Waals surface area contributed by atoms with Crippen LogP contribution in [0.5, 0.6) is 0 Å². The third-order valence-corrected chi connectivity index (χ3v) is 4.92. The van der Waals surface area contributed by atoms with E-state index in [0.717, 1.165) is 22.7 Å². The van der Waals surface area contributed by atoms with Crippen LogP contribution in [-0.2, 0) is 6.42 Å². The Morgan fingerprint density at radius 3 is 2.42 bits per heavy atom. The fraction of sp³-hybridized carbons (Fsp3) is 0.0625. The van der Waals surface area contributed by atoms with E-state index < -0.39 is 0 Å². The SMILES string of the molecule is Clc1ccc(-c2c[se]c(Cc3ccccc3)n2)cc1. The Hall–Kier alpha value is -1.34. The molecular weight excluding hydrogens is 321 g/mol. The molecule has 0 N–H and O–H groups in total. The van der Waals surface area contributed by atoms with Gasteiger partial charge < -0.3 is 0 Å². The number of hydrogen-bond donors (Lipinski definition) is 0. The van der Waals surface area contributed by atoms with E-state index in [0.29, 0.717) is 14.5 Å². The van der Waals surface area contributed by atoms with Crippen molar-refractivity contribution in [2.24, 2.45) is 0 Å². The van der Waals surface area contributed by atoms with Crippen LogP contribution < -0.4 is 0 Å². The normalized spacial score (nSPS) is 10.6. The molecule has 1 aromatic heterocycles. The van der Waals surface area contributed by atoms with Crippen LogP contribution in [0, 0.1) is 0 Å². The molecule has 0 bridgehead atoms. The van der Waals surface area contributed by atoms with E-state index in [9.17, 15) is 0 Å². The topological polar surface area (TPSA) is 12.9 Å². The summed E-state index contributed by atoms with van der Waals surface area (Å²) in [6, 6.07) is 18.4. The molecule has 0 unspecified atom stereocenters. The molecular formula is C16H12ClNSe. The monoisotopic (exact) mass is 333 g/mol. The quantitative estimate of drug-likeness (QED) is 0.659. The Kier molecular flexibility index (Phi) is 3.84. The first-order valence-corrected chi connectivity index (χ1v) is 8.28. The molecule has 0 fully saturated rings. The van der Waals surface area contributed by atoms with Crippen LogP contribution in [0.15, 0.2) is 59.5 Å². The van der Waals surface area contributed by atoms with Crippen molar-refractivity contribution in [2.45, 2.75) is 6.42 Å². The number of halogens is 1. The molecule has 3 rings (SSSR count). The maximum absolute atomic E-state index is 5.90. The minimum atomic E-state index is 0.366. The number of rotatable bonds is 3. The third-order valence-electron chi connectivity index (χ3n) is 2.89. The van der Waals surface area contributed by atoms with Gasteiger partial charge in [-0.25, -0.2) is 0 Å². The fourth-order valence-corrected chi connectivity index (χ4v) is 3.80. The average Bonchev–Trinajstić information content (AvgIpc) is 2.89. The Bertz CT molecular complexity index is 659. The van der Waals surface area contributed by atoms with Crippen LogP contribution in [0.1, 0.15) is 10.1 Å². The second-order valence-corrected chi connectivity index (χ2v) is 6.71. The predicted octanol–water partition coefficient (Wildman–Crippen LogP) is 4.05. The van der Waals surface area contributed by atoms with Crippen molar-refractivity contribution >= 4 is 26.1 Å². The summed E-state index contributed by atoms with van der Waals surface area (Å²) in [5.41, 5.74) is 3.56. The number of nitrogens with zero attached hydrogens (tertiary/aromatic N) is 1. The van der Waals surface area contributed by atoms with Gasteiger partial charge in [-0.15, -0.1) is 0 Å². The molecule has 1 nitrogen and oxygen atoms in total. The van der Waals surface area contributed by atoms with Crippen LogP contribution in [0.4, 0.5) is 0 Å². The van der Waals surface area contributed by atoms with Gasteiger partial charge in [-0.05, 0) is 0 Å². The Labute approximate surface area is 123 Å². The van der Waals surface area contributed by atoms with E-state index in [1.807, 2.05) is 30.3 Å². The Morgan fingerprint density at radius 1 is 0.947 bits per heavy atom. The summed E-state index contributed by atoms with van der Waals surface area (Å²) >= 11 is 6.27. The predicted molar refractivity (Wildman–Crippen MR) is 80.9 cm³/mol. The van der Waals surface area contributed by atoms with E-state index in [-0.39, 0.29) is 0 Å². The van der Waals surface area contributed by atoms with Gasteiger partial charge in [-0.1, -0.05) is 0 Å². The van der Waals surface area contributed by atoms with Crippen LogP contribution in [-0.4, -0.2) is 19.5 Å². The minimum absolute atomic E-state index is 0.366. The molecule has 2 aromatic carbocycles. The molecule has 0 spiro atoms. The zero-order valence-corrected chi connectivity index (χ0v) is 12.7. The molecule has 1 heterocycles. The number of aromatic nitrogens is 1. The molecule has 19 heavy (non-hydrogen) atoms. The van der Waals surface area contributed by atoms with Crippen molar-refractivity contribution in [1.29, 1.82) is 0 Å². The second-order valence-electron chi connectivity index (χ2n) is 4.30. The first-order valence-electron chi connectivity index (χ1n) is 6.05. The summed E-state index contributed by atoms with van der Waals surface area (Å²) < 4.78 is 1.28. The van der Waals surface area contributed by atoms with Crippen molar-refractivity contribution in [2.75, 3.05) is 0 Å². The van der Waals surface area contributed by atoms with Gasteiger partial charge in [0.25, 0.3) is 0 Å². The van der Waals surface area contributed by atoms with Gasteiger partial charge in [0.05, 0.1) is 0 Å². The van der Waals surface area contributed by atoms with E-state index >= 15 is 0 Å². The molecule has 0 radical (unpaired) electrons. The molecule has 0 aliphatic heterocycles. The van der Waals surface area contributed by atoms with Crippen molar-refractivity contribution in [1.82, 2.24) is 4.98 Å². The molecule has 3 heteroatoms. The third kappa shape index (κ3) is 3.16. The first kappa shape index (κ1) is 12.7. The molecule has 0 amide bonds. The number of hydrogen-bond acceptors (Lipinski definition) is 1. The zero-order chi connectivity index (χ0) is 13.1. The van der Waals surface area contributed by atoms with E-state index in [1.165, 1.54) is 10.1 Å². The van der Waals surface area contributed by atoms with Crippen LogP contribution in [0.25, 0.3) is 11.3 Å². The fourth-order valence-electron chi connectivity index (χ4n) is 1.92. The summed E-state index contributed by atoms with van der Waals surface area (Å²) in [6.07, 6.45) is 0.953. The molecule has 3 aromatic rings. The summed E-state index contributed by atoms with van der Waals surface area (Å²) in [4.78, 5) is 6.99. The van der Waals surface area contributed by atoms with Crippen LogP contribution in [0.2, 0.25) is 5.02 Å². The maximum atomic E-state index is 5.90. The second kappa shape index (κ2) is 5.75. The summed E-state index contributed by atoms with van der Waals surface area (Å²) in [6.45, 7) is 0. The van der Waals surface area contributed by atoms with Gasteiger partial charge in [-0.3, -0.25) is 0 Å². The molecule has 0 saturated heterocycles. The summed E-state index contributed by atoms with van der Waals surface area (Å²) in [7, 11) is 0. The standard InChI is InChI=1S/C16H12ClNSe/c17-14-8-6-13(7-9-14)15-11-19-16(18-15)10-12-4-2-1-3-5-12/h1-9,11H,10H2. The van der Waals surface area contributed by atoms with Crippen molar-refractivity contribution < 1.29 is 0 Å². The summed E-state index contributed by atoms with van der Waals surface area (Å²) in [5, 5.41) is 0.765. The summed E-state index contributed by atoms with van der Waals surface area (Å²) in [5.74, 6) is 0. The zero-order valence-electron chi connectivity index (χ0n) is 10.2. The number of benzene rings is 2. The van der Waals surface area contributed by atoms with Gasteiger partial charge in [0.2, 0.25) is 0 Å². The Balaban J connectivity index is 1.82. The van der Waals surface area contributed by atoms with Crippen molar-refractivity contribution in [3.8, 4) is 11.3 Å². The van der Waals surface area contributed by atoms with E-state index in [2.05, 4.69) is 29.2 Å². The van der Waals surface area contributed by atoms with Crippen LogP contribution in [0.3, 0.4) is 0 Å². The van der Waals surface area contributed by atoms with E-state index in [1.54, 1.807) is 0 Å². The average molecular weight is 333 g/mol. The van der Waals surface area contributed by atoms with Gasteiger partial charge in [-0.2, -0.15) is 0 Å². The van der Waals surface area contributed by atoms with E-state index in [4.69, 9.17) is 16.6 Å². The molecule has 0 atom stereocenters. The van der Waals surface area contributed by atoms with Gasteiger partial charge in [0, 0.05) is 0 Å². The van der Waals surface area contributed by atoms with Gasteiger partial charge >= 0.3 is 123 Å².